The van der Waals surface area contributed by atoms with Crippen LogP contribution in [0.15, 0.2) is 0 Å². The quantitative estimate of drug-likeness (QED) is 0.490. The SMILES string of the molecule is [CH2][C@H](C)COC. The zero-order valence-corrected chi connectivity index (χ0v) is 4.40. The van der Waals surface area contributed by atoms with Crippen molar-refractivity contribution in [2.75, 3.05) is 13.7 Å². The summed E-state index contributed by atoms with van der Waals surface area (Å²) in [7, 11) is 1.68. The molecule has 1 radical (unpaired) electrons. The molecule has 37 valence electrons. The predicted octanol–water partition coefficient (Wildman–Crippen LogP) is 1.10. The van der Waals surface area contributed by atoms with Gasteiger partial charge in [-0.2, -0.15) is 0 Å². The van der Waals surface area contributed by atoms with Gasteiger partial charge in [0.05, 0.1) is 0 Å². The van der Waals surface area contributed by atoms with E-state index in [0.717, 1.165) is 6.61 Å². The van der Waals surface area contributed by atoms with Crippen LogP contribution in [0, 0.1) is 12.8 Å². The monoisotopic (exact) mass is 87.1 g/mol. The molecule has 0 heterocycles. The zero-order chi connectivity index (χ0) is 4.99. The van der Waals surface area contributed by atoms with Crippen LogP contribution in [0.25, 0.3) is 0 Å². The first-order valence-electron chi connectivity index (χ1n) is 2.09. The molecule has 0 amide bonds. The second-order valence-corrected chi connectivity index (χ2v) is 1.56. The Balaban J connectivity index is 2.63. The Hall–Kier alpha value is -0.0400. The number of rotatable bonds is 2. The molecule has 0 rings (SSSR count). The van der Waals surface area contributed by atoms with E-state index in [-0.39, 0.29) is 0 Å². The van der Waals surface area contributed by atoms with Crippen molar-refractivity contribution in [1.82, 2.24) is 0 Å². The molecule has 0 aliphatic rings. The Morgan fingerprint density at radius 2 is 2.33 bits per heavy atom. The highest BCUT2D eigenvalue weighted by atomic mass is 16.5. The van der Waals surface area contributed by atoms with E-state index in [4.69, 9.17) is 4.74 Å². The van der Waals surface area contributed by atoms with Gasteiger partial charge in [0.15, 0.2) is 0 Å². The van der Waals surface area contributed by atoms with E-state index in [9.17, 15) is 0 Å². The standard InChI is InChI=1S/C5H11O/c1-5(2)4-6-3/h5H,1,4H2,2-3H3/t5-/m1/s1. The maximum Gasteiger partial charge on any atom is 0.0487 e. The molecule has 0 aromatic heterocycles. The first-order chi connectivity index (χ1) is 2.77. The highest BCUT2D eigenvalue weighted by Crippen LogP contribution is 1.87. The molecule has 1 atom stereocenters. The van der Waals surface area contributed by atoms with Crippen molar-refractivity contribution in [2.45, 2.75) is 6.92 Å². The molecule has 0 aliphatic heterocycles. The summed E-state index contributed by atoms with van der Waals surface area (Å²) in [6, 6.07) is 0. The van der Waals surface area contributed by atoms with Gasteiger partial charge in [-0.25, -0.2) is 0 Å². The van der Waals surface area contributed by atoms with Crippen LogP contribution in [0.5, 0.6) is 0 Å². The van der Waals surface area contributed by atoms with Crippen LogP contribution in [-0.2, 0) is 4.74 Å². The lowest BCUT2D eigenvalue weighted by atomic mass is 10.2. The van der Waals surface area contributed by atoms with Crippen LogP contribution >= 0.6 is 0 Å². The summed E-state index contributed by atoms with van der Waals surface area (Å²) < 4.78 is 4.74. The highest BCUT2D eigenvalue weighted by Gasteiger charge is 1.86. The maximum absolute atomic E-state index is 4.74. The van der Waals surface area contributed by atoms with Gasteiger partial charge in [0.25, 0.3) is 0 Å². The molecule has 0 aliphatic carbocycles. The van der Waals surface area contributed by atoms with Crippen LogP contribution in [0.3, 0.4) is 0 Å². The third-order valence-corrected chi connectivity index (χ3v) is 0.451. The molecule has 0 saturated heterocycles. The number of hydrogen-bond acceptors (Lipinski definition) is 1. The van der Waals surface area contributed by atoms with Crippen molar-refractivity contribution in [1.29, 1.82) is 0 Å². The summed E-state index contributed by atoms with van der Waals surface area (Å²) in [5.74, 6) is 0.426. The second kappa shape index (κ2) is 3.16. The minimum Gasteiger partial charge on any atom is -0.384 e. The molecule has 0 fully saturated rings. The lowest BCUT2D eigenvalue weighted by Gasteiger charge is -1.97. The van der Waals surface area contributed by atoms with Gasteiger partial charge in [0.1, 0.15) is 0 Å². The number of hydrogen-bond donors (Lipinski definition) is 0. The smallest absolute Gasteiger partial charge is 0.0487 e. The van der Waals surface area contributed by atoms with Crippen LogP contribution < -0.4 is 0 Å². The van der Waals surface area contributed by atoms with E-state index < -0.39 is 0 Å². The minimum absolute atomic E-state index is 0.426. The summed E-state index contributed by atoms with van der Waals surface area (Å²) in [6.45, 7) is 6.48. The van der Waals surface area contributed by atoms with Gasteiger partial charge in [-0.1, -0.05) is 6.92 Å². The van der Waals surface area contributed by atoms with Crippen LogP contribution in [0.2, 0.25) is 0 Å². The highest BCUT2D eigenvalue weighted by molar-refractivity contribution is 4.48. The molecular formula is C5H11O. The summed E-state index contributed by atoms with van der Waals surface area (Å²) in [6.07, 6.45) is 0. The minimum atomic E-state index is 0.426. The van der Waals surface area contributed by atoms with Gasteiger partial charge < -0.3 is 4.74 Å². The van der Waals surface area contributed by atoms with Crippen molar-refractivity contribution in [2.24, 2.45) is 5.92 Å². The Bertz CT molecular complexity index is 25.1. The van der Waals surface area contributed by atoms with Crippen LogP contribution in [0.1, 0.15) is 6.92 Å². The van der Waals surface area contributed by atoms with Crippen molar-refractivity contribution in [3.05, 3.63) is 6.92 Å². The van der Waals surface area contributed by atoms with Crippen LogP contribution in [0.4, 0.5) is 0 Å². The van der Waals surface area contributed by atoms with E-state index in [0.29, 0.717) is 5.92 Å². The molecule has 0 bridgehead atoms. The normalized spacial score (nSPS) is 10.0. The number of methoxy groups -OCH3 is 1. The fourth-order valence-electron chi connectivity index (χ4n) is 0.285. The Morgan fingerprint density at radius 3 is 2.33 bits per heavy atom. The van der Waals surface area contributed by atoms with E-state index in [1.54, 1.807) is 7.11 Å². The third-order valence-electron chi connectivity index (χ3n) is 0.451. The second-order valence-electron chi connectivity index (χ2n) is 1.56. The molecule has 1 heteroatoms. The maximum atomic E-state index is 4.74. The topological polar surface area (TPSA) is 9.23 Å². The average Bonchev–Trinajstić information content (AvgIpc) is 1.35. The first-order valence-corrected chi connectivity index (χ1v) is 2.09. The molecule has 0 aromatic rings. The Kier molecular flexibility index (Phi) is 3.14. The number of ether oxygens (including phenoxy) is 1. The third kappa shape index (κ3) is 3.96. The van der Waals surface area contributed by atoms with Crippen molar-refractivity contribution < 1.29 is 4.74 Å². The predicted molar refractivity (Wildman–Crippen MR) is 26.4 cm³/mol. The lowest BCUT2D eigenvalue weighted by molar-refractivity contribution is 0.175. The van der Waals surface area contributed by atoms with Gasteiger partial charge in [0.2, 0.25) is 0 Å². The summed E-state index contributed by atoms with van der Waals surface area (Å²) in [5, 5.41) is 0. The zero-order valence-electron chi connectivity index (χ0n) is 4.40. The molecule has 6 heavy (non-hydrogen) atoms. The molecular weight excluding hydrogens is 76.1 g/mol. The Labute approximate surface area is 39.3 Å². The first kappa shape index (κ1) is 5.96. The van der Waals surface area contributed by atoms with E-state index in [1.165, 1.54) is 0 Å². The average molecular weight is 87.1 g/mol. The van der Waals surface area contributed by atoms with E-state index >= 15 is 0 Å². The Morgan fingerprint density at radius 1 is 1.83 bits per heavy atom. The lowest BCUT2D eigenvalue weighted by Crippen LogP contribution is -1.96. The summed E-state index contributed by atoms with van der Waals surface area (Å²) in [4.78, 5) is 0. The van der Waals surface area contributed by atoms with Crippen molar-refractivity contribution in [3.8, 4) is 0 Å². The van der Waals surface area contributed by atoms with E-state index in [1.807, 2.05) is 6.92 Å². The van der Waals surface area contributed by atoms with Gasteiger partial charge in [-0.05, 0) is 12.8 Å². The summed E-state index contributed by atoms with van der Waals surface area (Å²) >= 11 is 0. The molecule has 0 N–H and O–H groups in total. The van der Waals surface area contributed by atoms with Gasteiger partial charge >= 0.3 is 0 Å². The van der Waals surface area contributed by atoms with Gasteiger partial charge in [-0.3, -0.25) is 0 Å². The summed E-state index contributed by atoms with van der Waals surface area (Å²) in [5.41, 5.74) is 0. The molecule has 0 unspecified atom stereocenters. The van der Waals surface area contributed by atoms with Crippen molar-refractivity contribution >= 4 is 0 Å². The molecule has 0 spiro atoms. The molecule has 0 saturated carbocycles. The fraction of sp³-hybridized carbons (Fsp3) is 0.800. The largest absolute Gasteiger partial charge is 0.384 e. The molecule has 0 aromatic carbocycles. The fourth-order valence-corrected chi connectivity index (χ4v) is 0.285. The van der Waals surface area contributed by atoms with Crippen LogP contribution in [-0.4, -0.2) is 13.7 Å². The van der Waals surface area contributed by atoms with Gasteiger partial charge in [-0.15, -0.1) is 0 Å². The van der Waals surface area contributed by atoms with Crippen molar-refractivity contribution in [3.63, 3.8) is 0 Å². The van der Waals surface area contributed by atoms with Gasteiger partial charge in [0, 0.05) is 13.7 Å². The molecule has 1 nitrogen and oxygen atoms in total. The van der Waals surface area contributed by atoms with E-state index in [2.05, 4.69) is 6.92 Å².